The molecule has 0 atom stereocenters. The van der Waals surface area contributed by atoms with E-state index in [1.807, 2.05) is 0 Å². The molecule has 4 aliphatic rings. The van der Waals surface area contributed by atoms with E-state index in [1.165, 1.54) is 200 Å². The van der Waals surface area contributed by atoms with E-state index in [9.17, 15) is 10.2 Å². The Morgan fingerprint density at radius 3 is 1.07 bits per heavy atom. The minimum atomic E-state index is 0.331. The van der Waals surface area contributed by atoms with Crippen molar-refractivity contribution in [1.82, 2.24) is 0 Å². The molecular formula is C44H66O2. The molecule has 4 saturated carbocycles. The highest BCUT2D eigenvalue weighted by Gasteiger charge is 2.30. The van der Waals surface area contributed by atoms with E-state index in [0.29, 0.717) is 41.1 Å². The van der Waals surface area contributed by atoms with Gasteiger partial charge in [-0.15, -0.1) is 0 Å². The van der Waals surface area contributed by atoms with E-state index in [4.69, 9.17) is 0 Å². The van der Waals surface area contributed by atoms with Crippen molar-refractivity contribution in [3.63, 3.8) is 0 Å². The Hall–Kier alpha value is -1.96. The molecule has 254 valence electrons. The fourth-order valence-electron chi connectivity index (χ4n) is 10.2. The van der Waals surface area contributed by atoms with Crippen molar-refractivity contribution in [2.24, 2.45) is 0 Å². The van der Waals surface area contributed by atoms with Gasteiger partial charge in [0.15, 0.2) is 0 Å². The van der Waals surface area contributed by atoms with Gasteiger partial charge in [0, 0.05) is 5.92 Å². The Bertz CT molecular complexity index is 1050. The van der Waals surface area contributed by atoms with E-state index in [-0.39, 0.29) is 0 Å². The Morgan fingerprint density at radius 2 is 0.761 bits per heavy atom. The zero-order valence-corrected chi connectivity index (χ0v) is 29.5. The molecule has 2 aromatic rings. The summed E-state index contributed by atoms with van der Waals surface area (Å²) >= 11 is 0. The van der Waals surface area contributed by atoms with Gasteiger partial charge in [0.25, 0.3) is 0 Å². The second-order valence-electron chi connectivity index (χ2n) is 16.2. The molecule has 46 heavy (non-hydrogen) atoms. The summed E-state index contributed by atoms with van der Waals surface area (Å²) in [5, 5.41) is 24.0. The average Bonchev–Trinajstić information content (AvgIpc) is 3.12. The first-order chi connectivity index (χ1) is 22.6. The van der Waals surface area contributed by atoms with Crippen LogP contribution in [0, 0.1) is 0 Å². The summed E-state index contributed by atoms with van der Waals surface area (Å²) in [6.45, 7) is 2.31. The van der Waals surface area contributed by atoms with Crippen molar-refractivity contribution in [2.75, 3.05) is 0 Å². The molecule has 0 aliphatic heterocycles. The Balaban J connectivity index is 1.46. The minimum absolute atomic E-state index is 0.331. The Labute approximate surface area is 282 Å². The van der Waals surface area contributed by atoms with Gasteiger partial charge < -0.3 is 10.2 Å². The smallest absolute Gasteiger partial charge is 0.122 e. The topological polar surface area (TPSA) is 40.5 Å². The van der Waals surface area contributed by atoms with Crippen LogP contribution in [0.5, 0.6) is 11.5 Å². The van der Waals surface area contributed by atoms with E-state index in [0.717, 1.165) is 0 Å². The quantitative estimate of drug-likeness (QED) is 0.230. The van der Waals surface area contributed by atoms with Crippen molar-refractivity contribution in [3.8, 4) is 11.5 Å². The standard InChI is InChI=1S/C44H66O2/c1-2-3-4-5-18-27-38(36-28-39(32-19-10-6-11-20-32)43(45)40(29-36)33-21-12-7-13-22-33)37-30-41(34-23-14-8-15-24-34)44(46)42(31-37)35-25-16-9-17-26-35/h28-35,38,45-46H,2-27H2,1H3. The molecule has 4 fully saturated rings. The van der Waals surface area contributed by atoms with Gasteiger partial charge in [0.1, 0.15) is 11.5 Å². The summed E-state index contributed by atoms with van der Waals surface area (Å²) in [7, 11) is 0. The molecule has 0 radical (unpaired) electrons. The summed E-state index contributed by atoms with van der Waals surface area (Å²) in [6, 6.07) is 9.95. The summed E-state index contributed by atoms with van der Waals surface area (Å²) in [6.07, 6.45) is 33.2. The van der Waals surface area contributed by atoms with Gasteiger partial charge in [0.2, 0.25) is 0 Å². The maximum atomic E-state index is 12.0. The Kier molecular flexibility index (Phi) is 12.5. The molecule has 0 bridgehead atoms. The maximum absolute atomic E-state index is 12.0. The SMILES string of the molecule is CCCCCCCC(c1cc(C2CCCCC2)c(O)c(C2CCCCC2)c1)c1cc(C2CCCCC2)c(O)c(C2CCCCC2)c1. The third-order valence-corrected chi connectivity index (χ3v) is 13.0. The maximum Gasteiger partial charge on any atom is 0.122 e. The van der Waals surface area contributed by atoms with Gasteiger partial charge in [-0.25, -0.2) is 0 Å². The van der Waals surface area contributed by atoms with Crippen LogP contribution in [-0.4, -0.2) is 10.2 Å². The first-order valence-corrected chi connectivity index (χ1v) is 20.4. The highest BCUT2D eigenvalue weighted by molar-refractivity contribution is 5.53. The molecule has 2 N–H and O–H groups in total. The van der Waals surface area contributed by atoms with Crippen molar-refractivity contribution < 1.29 is 10.2 Å². The van der Waals surface area contributed by atoms with Crippen LogP contribution in [0.15, 0.2) is 24.3 Å². The lowest BCUT2D eigenvalue weighted by molar-refractivity contribution is 0.391. The molecule has 0 amide bonds. The van der Waals surface area contributed by atoms with Crippen LogP contribution in [0.3, 0.4) is 0 Å². The number of hydrogen-bond donors (Lipinski definition) is 2. The van der Waals surface area contributed by atoms with E-state index >= 15 is 0 Å². The molecule has 2 nitrogen and oxygen atoms in total. The van der Waals surface area contributed by atoms with E-state index in [1.54, 1.807) is 0 Å². The number of phenols is 2. The minimum Gasteiger partial charge on any atom is -0.507 e. The van der Waals surface area contributed by atoms with Gasteiger partial charge in [0.05, 0.1) is 0 Å². The second-order valence-corrected chi connectivity index (χ2v) is 16.2. The highest BCUT2D eigenvalue weighted by Crippen LogP contribution is 2.49. The van der Waals surface area contributed by atoms with Crippen molar-refractivity contribution in [1.29, 1.82) is 0 Å². The van der Waals surface area contributed by atoms with Gasteiger partial charge in [-0.1, -0.05) is 140 Å². The van der Waals surface area contributed by atoms with Crippen LogP contribution in [-0.2, 0) is 0 Å². The van der Waals surface area contributed by atoms with Crippen molar-refractivity contribution in [3.05, 3.63) is 57.6 Å². The van der Waals surface area contributed by atoms with Crippen molar-refractivity contribution >= 4 is 0 Å². The van der Waals surface area contributed by atoms with Crippen LogP contribution in [0.4, 0.5) is 0 Å². The number of rotatable bonds is 12. The molecule has 0 aromatic heterocycles. The lowest BCUT2D eigenvalue weighted by atomic mass is 9.74. The number of benzene rings is 2. The fourth-order valence-corrected chi connectivity index (χ4v) is 10.2. The largest absolute Gasteiger partial charge is 0.507 e. The Morgan fingerprint density at radius 1 is 0.457 bits per heavy atom. The van der Waals surface area contributed by atoms with Crippen LogP contribution in [0.1, 0.15) is 237 Å². The van der Waals surface area contributed by atoms with Gasteiger partial charge >= 0.3 is 0 Å². The summed E-state index contributed by atoms with van der Waals surface area (Å²) in [5.41, 5.74) is 8.01. The summed E-state index contributed by atoms with van der Waals surface area (Å²) in [5.74, 6) is 3.63. The lowest BCUT2D eigenvalue weighted by Crippen LogP contribution is -2.14. The van der Waals surface area contributed by atoms with Crippen LogP contribution in [0.25, 0.3) is 0 Å². The normalized spacial score (nSPS) is 21.3. The zero-order valence-electron chi connectivity index (χ0n) is 29.5. The van der Waals surface area contributed by atoms with E-state index in [2.05, 4.69) is 31.2 Å². The van der Waals surface area contributed by atoms with Gasteiger partial charge in [-0.3, -0.25) is 0 Å². The molecule has 0 saturated heterocycles. The van der Waals surface area contributed by atoms with Crippen LogP contribution in [0.2, 0.25) is 0 Å². The molecule has 4 aliphatic carbocycles. The zero-order chi connectivity index (χ0) is 31.7. The highest BCUT2D eigenvalue weighted by atomic mass is 16.3. The van der Waals surface area contributed by atoms with Gasteiger partial charge in [-0.2, -0.15) is 0 Å². The monoisotopic (exact) mass is 627 g/mol. The molecule has 6 rings (SSSR count). The number of hydrogen-bond acceptors (Lipinski definition) is 2. The van der Waals surface area contributed by atoms with Crippen LogP contribution >= 0.6 is 0 Å². The first kappa shape index (κ1) is 33.9. The molecule has 2 heteroatoms. The number of aromatic hydroxyl groups is 2. The summed E-state index contributed by atoms with van der Waals surface area (Å²) < 4.78 is 0. The predicted molar refractivity (Wildman–Crippen MR) is 195 cm³/mol. The second kappa shape index (κ2) is 16.9. The average molecular weight is 627 g/mol. The van der Waals surface area contributed by atoms with Crippen molar-refractivity contribution in [2.45, 2.75) is 203 Å². The molecule has 2 aromatic carbocycles. The first-order valence-electron chi connectivity index (χ1n) is 20.4. The number of unbranched alkanes of at least 4 members (excludes halogenated alkanes) is 4. The molecule has 0 unspecified atom stereocenters. The molecule has 0 heterocycles. The summed E-state index contributed by atoms with van der Waals surface area (Å²) in [4.78, 5) is 0. The third-order valence-electron chi connectivity index (χ3n) is 13.0. The molecule has 0 spiro atoms. The predicted octanol–water partition coefficient (Wildman–Crippen LogP) is 13.8. The van der Waals surface area contributed by atoms with Crippen LogP contribution < -0.4 is 0 Å². The van der Waals surface area contributed by atoms with E-state index < -0.39 is 0 Å². The molecular weight excluding hydrogens is 560 g/mol. The van der Waals surface area contributed by atoms with Gasteiger partial charge in [-0.05, 0) is 115 Å². The lowest BCUT2D eigenvalue weighted by Gasteiger charge is -2.32. The fraction of sp³-hybridized carbons (Fsp3) is 0.727. The number of phenolic OH excluding ortho intramolecular Hbond substituents is 2. The third kappa shape index (κ3) is 8.18.